The lowest BCUT2D eigenvalue weighted by atomic mass is 10.1. The number of hydrogen-bond donors (Lipinski definition) is 1. The quantitative estimate of drug-likeness (QED) is 0.591. The number of aromatic nitrogens is 4. The molecule has 0 fully saturated rings. The number of rotatable bonds is 3. The third-order valence-electron chi connectivity index (χ3n) is 3.34. The number of hydrogen-bond acceptors (Lipinski definition) is 4. The van der Waals surface area contributed by atoms with Crippen LogP contribution in [-0.2, 0) is 6.54 Å². The second kappa shape index (κ2) is 4.75. The van der Waals surface area contributed by atoms with E-state index < -0.39 is 0 Å². The van der Waals surface area contributed by atoms with Gasteiger partial charge in [-0.2, -0.15) is 5.10 Å². The van der Waals surface area contributed by atoms with E-state index in [2.05, 4.69) is 10.1 Å². The second-order valence-electron chi connectivity index (χ2n) is 4.87. The molecule has 4 rings (SSSR count). The number of nitrogen functional groups attached to an aromatic ring is 1. The van der Waals surface area contributed by atoms with Gasteiger partial charge >= 0.3 is 0 Å². The van der Waals surface area contributed by atoms with Crippen molar-refractivity contribution in [2.75, 3.05) is 5.73 Å². The van der Waals surface area contributed by atoms with Crippen LogP contribution in [0.1, 0.15) is 5.69 Å². The van der Waals surface area contributed by atoms with Crippen molar-refractivity contribution in [2.24, 2.45) is 0 Å². The van der Waals surface area contributed by atoms with E-state index in [0.29, 0.717) is 6.54 Å². The lowest BCUT2D eigenvalue weighted by molar-refractivity contribution is 0.676. The molecule has 0 aliphatic carbocycles. The molecule has 0 unspecified atom stereocenters. The predicted octanol–water partition coefficient (Wildman–Crippen LogP) is 2.89. The molecule has 3 heterocycles. The van der Waals surface area contributed by atoms with Crippen LogP contribution in [0.5, 0.6) is 0 Å². The molecule has 5 nitrogen and oxygen atoms in total. The first-order valence-corrected chi connectivity index (χ1v) is 7.45. The van der Waals surface area contributed by atoms with E-state index in [1.165, 1.54) is 0 Å². The number of thiazole rings is 1. The zero-order chi connectivity index (χ0) is 14.2. The molecule has 0 atom stereocenters. The Morgan fingerprint density at radius 1 is 1.10 bits per heavy atom. The van der Waals surface area contributed by atoms with Crippen LogP contribution in [0.4, 0.5) is 5.69 Å². The van der Waals surface area contributed by atoms with Crippen molar-refractivity contribution in [1.29, 1.82) is 0 Å². The van der Waals surface area contributed by atoms with E-state index >= 15 is 0 Å². The van der Waals surface area contributed by atoms with Gasteiger partial charge in [0.05, 0.1) is 18.4 Å². The van der Waals surface area contributed by atoms with Crippen LogP contribution in [0.25, 0.3) is 16.1 Å². The van der Waals surface area contributed by atoms with Gasteiger partial charge in [-0.3, -0.25) is 9.08 Å². The molecule has 2 N–H and O–H groups in total. The zero-order valence-corrected chi connectivity index (χ0v) is 12.0. The largest absolute Gasteiger partial charge is 0.399 e. The Balaban J connectivity index is 1.59. The summed E-state index contributed by atoms with van der Waals surface area (Å²) >= 11 is 1.63. The molecule has 0 aliphatic rings. The van der Waals surface area contributed by atoms with Crippen molar-refractivity contribution < 1.29 is 0 Å². The van der Waals surface area contributed by atoms with E-state index in [4.69, 9.17) is 5.73 Å². The minimum absolute atomic E-state index is 0.670. The van der Waals surface area contributed by atoms with Gasteiger partial charge in [0.25, 0.3) is 0 Å². The third kappa shape index (κ3) is 2.30. The molecule has 1 aromatic carbocycles. The van der Waals surface area contributed by atoms with E-state index in [1.54, 1.807) is 11.3 Å². The molecule has 0 saturated carbocycles. The minimum atomic E-state index is 0.670. The van der Waals surface area contributed by atoms with Gasteiger partial charge in [0.15, 0.2) is 4.96 Å². The van der Waals surface area contributed by atoms with Gasteiger partial charge in [-0.15, -0.1) is 11.3 Å². The summed E-state index contributed by atoms with van der Waals surface area (Å²) in [4.78, 5) is 5.58. The zero-order valence-electron chi connectivity index (χ0n) is 11.2. The molecule has 0 amide bonds. The molecular formula is C15H13N5S. The molecule has 0 bridgehead atoms. The number of anilines is 1. The van der Waals surface area contributed by atoms with Crippen molar-refractivity contribution >= 4 is 22.0 Å². The minimum Gasteiger partial charge on any atom is -0.399 e. The summed E-state index contributed by atoms with van der Waals surface area (Å²) in [6.07, 6.45) is 7.94. The van der Waals surface area contributed by atoms with Gasteiger partial charge in [0, 0.05) is 35.2 Å². The lowest BCUT2D eigenvalue weighted by Gasteiger charge is -1.98. The Morgan fingerprint density at radius 2 is 1.95 bits per heavy atom. The van der Waals surface area contributed by atoms with Crippen LogP contribution < -0.4 is 5.73 Å². The van der Waals surface area contributed by atoms with E-state index in [0.717, 1.165) is 27.5 Å². The molecule has 0 spiro atoms. The van der Waals surface area contributed by atoms with E-state index in [-0.39, 0.29) is 0 Å². The smallest absolute Gasteiger partial charge is 0.193 e. The monoisotopic (exact) mass is 295 g/mol. The maximum absolute atomic E-state index is 5.71. The molecule has 21 heavy (non-hydrogen) atoms. The van der Waals surface area contributed by atoms with E-state index in [9.17, 15) is 0 Å². The molecule has 0 aliphatic heterocycles. The fourth-order valence-electron chi connectivity index (χ4n) is 2.29. The summed E-state index contributed by atoms with van der Waals surface area (Å²) in [6, 6.07) is 7.80. The maximum atomic E-state index is 5.71. The van der Waals surface area contributed by atoms with Crippen LogP contribution in [0, 0.1) is 0 Å². The van der Waals surface area contributed by atoms with Crippen molar-refractivity contribution in [1.82, 2.24) is 19.2 Å². The summed E-state index contributed by atoms with van der Waals surface area (Å²) in [6.45, 7) is 0.670. The highest BCUT2D eigenvalue weighted by atomic mass is 32.1. The Bertz CT molecular complexity index is 856. The van der Waals surface area contributed by atoms with Gasteiger partial charge in [-0.1, -0.05) is 12.1 Å². The predicted molar refractivity (Wildman–Crippen MR) is 84.2 cm³/mol. The van der Waals surface area contributed by atoms with Crippen molar-refractivity contribution in [2.45, 2.75) is 6.54 Å². The number of nitrogens with two attached hydrogens (primary N) is 1. The molecule has 3 aromatic heterocycles. The fourth-order valence-corrected chi connectivity index (χ4v) is 3.01. The van der Waals surface area contributed by atoms with Gasteiger partial charge in [-0.25, -0.2) is 4.98 Å². The van der Waals surface area contributed by atoms with Crippen molar-refractivity contribution in [3.63, 3.8) is 0 Å². The van der Waals surface area contributed by atoms with Gasteiger partial charge in [0.1, 0.15) is 0 Å². The molecule has 6 heteroatoms. The summed E-state index contributed by atoms with van der Waals surface area (Å²) in [5.74, 6) is 0. The topological polar surface area (TPSA) is 61.1 Å². The van der Waals surface area contributed by atoms with Gasteiger partial charge in [-0.05, 0) is 17.7 Å². The molecule has 4 aromatic rings. The standard InChI is InChI=1S/C15H13N5S/c16-13-3-1-11(2-4-13)12-7-17-20(8-12)10-14-9-19-5-6-21-15(19)18-14/h1-9H,10,16H2. The van der Waals surface area contributed by atoms with Crippen LogP contribution in [-0.4, -0.2) is 19.2 Å². The Kier molecular flexibility index (Phi) is 2.75. The summed E-state index contributed by atoms with van der Waals surface area (Å²) in [7, 11) is 0. The Morgan fingerprint density at radius 3 is 2.76 bits per heavy atom. The number of nitrogens with zero attached hydrogens (tertiary/aromatic N) is 4. The Labute approximate surface area is 125 Å². The normalized spacial score (nSPS) is 11.2. The number of imidazole rings is 1. The van der Waals surface area contributed by atoms with Crippen LogP contribution >= 0.6 is 11.3 Å². The van der Waals surface area contributed by atoms with Crippen molar-refractivity contribution in [3.05, 3.63) is 60.1 Å². The fraction of sp³-hybridized carbons (Fsp3) is 0.0667. The van der Waals surface area contributed by atoms with Crippen LogP contribution in [0.15, 0.2) is 54.4 Å². The first-order valence-electron chi connectivity index (χ1n) is 6.57. The summed E-state index contributed by atoms with van der Waals surface area (Å²) < 4.78 is 3.93. The summed E-state index contributed by atoms with van der Waals surface area (Å²) in [5.41, 5.74) is 9.68. The lowest BCUT2D eigenvalue weighted by Crippen LogP contribution is -1.99. The first-order chi connectivity index (χ1) is 10.3. The molecule has 0 radical (unpaired) electrons. The van der Waals surface area contributed by atoms with Crippen LogP contribution in [0.2, 0.25) is 0 Å². The highest BCUT2D eigenvalue weighted by molar-refractivity contribution is 7.15. The van der Waals surface area contributed by atoms with Crippen LogP contribution in [0.3, 0.4) is 0 Å². The van der Waals surface area contributed by atoms with E-state index in [1.807, 2.05) is 63.5 Å². The molecule has 0 saturated heterocycles. The average molecular weight is 295 g/mol. The number of benzene rings is 1. The van der Waals surface area contributed by atoms with Gasteiger partial charge in [0.2, 0.25) is 0 Å². The van der Waals surface area contributed by atoms with Gasteiger partial charge < -0.3 is 5.73 Å². The maximum Gasteiger partial charge on any atom is 0.193 e. The third-order valence-corrected chi connectivity index (χ3v) is 4.12. The SMILES string of the molecule is Nc1ccc(-c2cnn(Cc3cn4ccsc4n3)c2)cc1. The Hall–Kier alpha value is -2.60. The van der Waals surface area contributed by atoms with Crippen molar-refractivity contribution in [3.8, 4) is 11.1 Å². The number of fused-ring (bicyclic) bond motifs is 1. The highest BCUT2D eigenvalue weighted by Crippen LogP contribution is 2.20. The average Bonchev–Trinajstić information content (AvgIpc) is 3.16. The first kappa shape index (κ1) is 12.2. The highest BCUT2D eigenvalue weighted by Gasteiger charge is 2.06. The second-order valence-corrected chi connectivity index (χ2v) is 5.75. The molecular weight excluding hydrogens is 282 g/mol. The molecule has 104 valence electrons. The summed E-state index contributed by atoms with van der Waals surface area (Å²) in [5, 5.41) is 6.43.